The first-order valence-electron chi connectivity index (χ1n) is 6.90. The van der Waals surface area contributed by atoms with E-state index in [9.17, 15) is 4.79 Å². The summed E-state index contributed by atoms with van der Waals surface area (Å²) < 4.78 is 1.05. The van der Waals surface area contributed by atoms with E-state index < -0.39 is 0 Å². The third-order valence-electron chi connectivity index (χ3n) is 3.74. The lowest BCUT2D eigenvalue weighted by molar-refractivity contribution is 0.0993. The molecular weight excluding hydrogens is 324 g/mol. The minimum atomic E-state index is 0.161. The third kappa shape index (κ3) is 3.06. The fourth-order valence-corrected chi connectivity index (χ4v) is 2.85. The molecule has 3 aromatic carbocycles. The van der Waals surface area contributed by atoms with Crippen molar-refractivity contribution < 1.29 is 4.79 Å². The molecule has 0 radical (unpaired) electrons. The van der Waals surface area contributed by atoms with Crippen molar-refractivity contribution in [3.05, 3.63) is 81.8 Å². The standard InChI is InChI=1S/C19H15BrO/c1-13-4-2-3-5-14(13)12-19(21)17-7-6-16-11-18(20)9-8-15(16)10-17/h2-11H,12H2,1H3. The quantitative estimate of drug-likeness (QED) is 0.589. The molecule has 104 valence electrons. The monoisotopic (exact) mass is 338 g/mol. The number of halogens is 1. The fraction of sp³-hybridized carbons (Fsp3) is 0.105. The van der Waals surface area contributed by atoms with Gasteiger partial charge >= 0.3 is 0 Å². The molecule has 0 aliphatic heterocycles. The molecule has 0 atom stereocenters. The maximum atomic E-state index is 12.5. The van der Waals surface area contributed by atoms with Crippen LogP contribution in [0.15, 0.2) is 65.1 Å². The van der Waals surface area contributed by atoms with Gasteiger partial charge in [-0.05, 0) is 47.0 Å². The van der Waals surface area contributed by atoms with Gasteiger partial charge in [-0.25, -0.2) is 0 Å². The Balaban J connectivity index is 1.91. The van der Waals surface area contributed by atoms with E-state index in [1.54, 1.807) is 0 Å². The predicted molar refractivity (Wildman–Crippen MR) is 90.9 cm³/mol. The summed E-state index contributed by atoms with van der Waals surface area (Å²) >= 11 is 3.47. The number of hydrogen-bond donors (Lipinski definition) is 0. The number of Topliss-reactive ketones (excluding diaryl/α,β-unsaturated/α-hetero) is 1. The summed E-state index contributed by atoms with van der Waals surface area (Å²) in [5.41, 5.74) is 3.03. The van der Waals surface area contributed by atoms with Crippen LogP contribution in [0, 0.1) is 6.92 Å². The minimum absolute atomic E-state index is 0.161. The van der Waals surface area contributed by atoms with Gasteiger partial charge in [-0.2, -0.15) is 0 Å². The van der Waals surface area contributed by atoms with Crippen LogP contribution >= 0.6 is 15.9 Å². The molecule has 0 spiro atoms. The Labute approximate surface area is 132 Å². The zero-order valence-corrected chi connectivity index (χ0v) is 13.4. The number of aryl methyl sites for hydroxylation is 1. The summed E-state index contributed by atoms with van der Waals surface area (Å²) in [7, 11) is 0. The Hall–Kier alpha value is -1.93. The molecule has 2 heteroatoms. The average Bonchev–Trinajstić information content (AvgIpc) is 2.49. The van der Waals surface area contributed by atoms with Crippen molar-refractivity contribution in [2.75, 3.05) is 0 Å². The normalized spacial score (nSPS) is 10.8. The second-order valence-corrected chi connectivity index (χ2v) is 6.15. The largest absolute Gasteiger partial charge is 0.294 e. The molecule has 0 heterocycles. The van der Waals surface area contributed by atoms with Gasteiger partial charge in [-0.15, -0.1) is 0 Å². The number of carbonyl (C=O) groups excluding carboxylic acids is 1. The molecular formula is C19H15BrO. The molecule has 0 fully saturated rings. The van der Waals surface area contributed by atoms with E-state index in [4.69, 9.17) is 0 Å². The molecule has 0 amide bonds. The number of ketones is 1. The third-order valence-corrected chi connectivity index (χ3v) is 4.23. The topological polar surface area (TPSA) is 17.1 Å². The number of rotatable bonds is 3. The van der Waals surface area contributed by atoms with Crippen molar-refractivity contribution in [2.45, 2.75) is 13.3 Å². The van der Waals surface area contributed by atoms with Gasteiger partial charge in [0.1, 0.15) is 0 Å². The van der Waals surface area contributed by atoms with Crippen LogP contribution in [0.5, 0.6) is 0 Å². The van der Waals surface area contributed by atoms with Gasteiger partial charge in [-0.3, -0.25) is 4.79 Å². The van der Waals surface area contributed by atoms with Crippen molar-refractivity contribution in [3.63, 3.8) is 0 Å². The molecule has 3 rings (SSSR count). The predicted octanol–water partition coefficient (Wildman–Crippen LogP) is 5.34. The lowest BCUT2D eigenvalue weighted by Gasteiger charge is -2.06. The van der Waals surface area contributed by atoms with Crippen LogP contribution in [-0.4, -0.2) is 5.78 Å². The zero-order valence-electron chi connectivity index (χ0n) is 11.8. The van der Waals surface area contributed by atoms with Crippen LogP contribution in [0.1, 0.15) is 21.5 Å². The highest BCUT2D eigenvalue weighted by Gasteiger charge is 2.09. The van der Waals surface area contributed by atoms with Crippen molar-refractivity contribution in [1.82, 2.24) is 0 Å². The van der Waals surface area contributed by atoms with Crippen LogP contribution in [0.25, 0.3) is 10.8 Å². The molecule has 0 saturated heterocycles. The van der Waals surface area contributed by atoms with Crippen molar-refractivity contribution >= 4 is 32.5 Å². The lowest BCUT2D eigenvalue weighted by atomic mass is 9.98. The number of carbonyl (C=O) groups is 1. The van der Waals surface area contributed by atoms with Crippen LogP contribution in [0.2, 0.25) is 0 Å². The lowest BCUT2D eigenvalue weighted by Crippen LogP contribution is -2.04. The second-order valence-electron chi connectivity index (χ2n) is 5.23. The molecule has 0 aliphatic rings. The van der Waals surface area contributed by atoms with E-state index in [1.807, 2.05) is 61.5 Å². The molecule has 3 aromatic rings. The highest BCUT2D eigenvalue weighted by molar-refractivity contribution is 9.10. The molecule has 0 N–H and O–H groups in total. The maximum absolute atomic E-state index is 12.5. The smallest absolute Gasteiger partial charge is 0.167 e. The van der Waals surface area contributed by atoms with Gasteiger partial charge in [-0.1, -0.05) is 58.4 Å². The number of benzene rings is 3. The molecule has 21 heavy (non-hydrogen) atoms. The highest BCUT2D eigenvalue weighted by Crippen LogP contribution is 2.22. The molecule has 0 aliphatic carbocycles. The SMILES string of the molecule is Cc1ccccc1CC(=O)c1ccc2cc(Br)ccc2c1. The van der Waals surface area contributed by atoms with Crippen molar-refractivity contribution in [1.29, 1.82) is 0 Å². The molecule has 0 saturated carbocycles. The van der Waals surface area contributed by atoms with Gasteiger partial charge in [0.15, 0.2) is 5.78 Å². The van der Waals surface area contributed by atoms with Gasteiger partial charge in [0.05, 0.1) is 0 Å². The van der Waals surface area contributed by atoms with Crippen LogP contribution in [-0.2, 0) is 6.42 Å². The van der Waals surface area contributed by atoms with Crippen molar-refractivity contribution in [2.24, 2.45) is 0 Å². The van der Waals surface area contributed by atoms with E-state index in [0.29, 0.717) is 6.42 Å². The average molecular weight is 339 g/mol. The summed E-state index contributed by atoms with van der Waals surface area (Å²) in [5, 5.41) is 2.23. The first-order valence-corrected chi connectivity index (χ1v) is 7.70. The first kappa shape index (κ1) is 14.0. The van der Waals surface area contributed by atoms with Gasteiger partial charge in [0.25, 0.3) is 0 Å². The van der Waals surface area contributed by atoms with E-state index in [1.165, 1.54) is 0 Å². The second kappa shape index (κ2) is 5.82. The Morgan fingerprint density at radius 1 is 0.952 bits per heavy atom. The van der Waals surface area contributed by atoms with Crippen molar-refractivity contribution in [3.8, 4) is 0 Å². The zero-order chi connectivity index (χ0) is 14.8. The van der Waals surface area contributed by atoms with Gasteiger partial charge in [0.2, 0.25) is 0 Å². The van der Waals surface area contributed by atoms with E-state index in [0.717, 1.165) is 31.9 Å². The minimum Gasteiger partial charge on any atom is -0.294 e. The van der Waals surface area contributed by atoms with Crippen LogP contribution < -0.4 is 0 Å². The van der Waals surface area contributed by atoms with E-state index in [2.05, 4.69) is 22.0 Å². The maximum Gasteiger partial charge on any atom is 0.167 e. The Bertz CT molecular complexity index is 821. The fourth-order valence-electron chi connectivity index (χ4n) is 2.47. The summed E-state index contributed by atoms with van der Waals surface area (Å²) in [6, 6.07) is 20.0. The summed E-state index contributed by atoms with van der Waals surface area (Å²) in [4.78, 5) is 12.5. The first-order chi connectivity index (χ1) is 10.1. The van der Waals surface area contributed by atoms with Gasteiger partial charge in [0, 0.05) is 16.5 Å². The molecule has 0 unspecified atom stereocenters. The summed E-state index contributed by atoms with van der Waals surface area (Å²) in [6.45, 7) is 2.04. The summed E-state index contributed by atoms with van der Waals surface area (Å²) in [5.74, 6) is 0.161. The van der Waals surface area contributed by atoms with E-state index in [-0.39, 0.29) is 5.78 Å². The molecule has 1 nitrogen and oxygen atoms in total. The molecule has 0 aromatic heterocycles. The van der Waals surface area contributed by atoms with Crippen LogP contribution in [0.3, 0.4) is 0 Å². The van der Waals surface area contributed by atoms with Crippen LogP contribution in [0.4, 0.5) is 0 Å². The number of hydrogen-bond acceptors (Lipinski definition) is 1. The Morgan fingerprint density at radius 3 is 2.48 bits per heavy atom. The van der Waals surface area contributed by atoms with Gasteiger partial charge < -0.3 is 0 Å². The Morgan fingerprint density at radius 2 is 1.67 bits per heavy atom. The van der Waals surface area contributed by atoms with E-state index >= 15 is 0 Å². The molecule has 0 bridgehead atoms. The summed E-state index contributed by atoms with van der Waals surface area (Å²) in [6.07, 6.45) is 0.453. The number of fused-ring (bicyclic) bond motifs is 1. The Kier molecular flexibility index (Phi) is 3.89. The highest BCUT2D eigenvalue weighted by atomic mass is 79.9.